The standard InChI is InChI=1S/C12H16F3NO4/c1-10(2,3)20-9(19)16-5-4-6-7(16)11(6,8(17)18)12(13,14)15/h6-7H,4-5H2,1-3H3,(H,17,18). The van der Waals surface area contributed by atoms with E-state index in [1.165, 1.54) is 0 Å². The van der Waals surface area contributed by atoms with E-state index >= 15 is 0 Å². The summed E-state index contributed by atoms with van der Waals surface area (Å²) in [6.07, 6.45) is -5.75. The Bertz CT molecular complexity index is 457. The molecule has 2 rings (SSSR count). The first kappa shape index (κ1) is 14.9. The van der Waals surface area contributed by atoms with Crippen molar-refractivity contribution in [3.05, 3.63) is 0 Å². The molecule has 3 atom stereocenters. The highest BCUT2D eigenvalue weighted by Crippen LogP contribution is 2.68. The van der Waals surface area contributed by atoms with Crippen LogP contribution in [0.4, 0.5) is 18.0 Å². The fourth-order valence-electron chi connectivity index (χ4n) is 3.01. The molecule has 8 heteroatoms. The largest absolute Gasteiger partial charge is 0.481 e. The molecule has 0 aromatic rings. The third-order valence-corrected chi connectivity index (χ3v) is 3.79. The van der Waals surface area contributed by atoms with Crippen molar-refractivity contribution in [3.8, 4) is 0 Å². The van der Waals surface area contributed by atoms with Crippen LogP contribution in [-0.2, 0) is 9.53 Å². The molecule has 2 aliphatic rings. The summed E-state index contributed by atoms with van der Waals surface area (Å²) in [6.45, 7) is 4.88. The zero-order valence-electron chi connectivity index (χ0n) is 11.3. The number of carbonyl (C=O) groups excluding carboxylic acids is 1. The summed E-state index contributed by atoms with van der Waals surface area (Å²) in [6, 6.07) is -1.35. The quantitative estimate of drug-likeness (QED) is 0.805. The monoisotopic (exact) mass is 295 g/mol. The van der Waals surface area contributed by atoms with E-state index in [0.717, 1.165) is 4.90 Å². The van der Waals surface area contributed by atoms with Crippen LogP contribution in [0.5, 0.6) is 0 Å². The minimum absolute atomic E-state index is 0.0235. The number of likely N-dealkylation sites (tertiary alicyclic amines) is 1. The van der Waals surface area contributed by atoms with Crippen LogP contribution >= 0.6 is 0 Å². The molecule has 5 nitrogen and oxygen atoms in total. The molecule has 114 valence electrons. The summed E-state index contributed by atoms with van der Waals surface area (Å²) < 4.78 is 44.3. The molecular formula is C12H16F3NO4. The van der Waals surface area contributed by atoms with E-state index in [4.69, 9.17) is 9.84 Å². The number of alkyl halides is 3. The lowest BCUT2D eigenvalue weighted by Crippen LogP contribution is -2.46. The van der Waals surface area contributed by atoms with Gasteiger partial charge in [0.25, 0.3) is 0 Å². The van der Waals surface area contributed by atoms with Crippen LogP contribution in [0.1, 0.15) is 27.2 Å². The van der Waals surface area contributed by atoms with Crippen LogP contribution in [0.15, 0.2) is 0 Å². The highest BCUT2D eigenvalue weighted by molar-refractivity contribution is 5.84. The molecule has 1 saturated carbocycles. The minimum Gasteiger partial charge on any atom is -0.481 e. The average Bonchev–Trinajstić information content (AvgIpc) is 2.69. The molecule has 1 heterocycles. The van der Waals surface area contributed by atoms with Crippen molar-refractivity contribution in [3.63, 3.8) is 0 Å². The van der Waals surface area contributed by atoms with Gasteiger partial charge in [-0.05, 0) is 27.2 Å². The van der Waals surface area contributed by atoms with E-state index < -0.39 is 41.2 Å². The molecule has 0 aromatic carbocycles. The molecule has 0 radical (unpaired) electrons. The second-order valence-corrected chi connectivity index (χ2v) is 6.19. The van der Waals surface area contributed by atoms with Crippen molar-refractivity contribution in [1.29, 1.82) is 0 Å². The molecule has 20 heavy (non-hydrogen) atoms. The number of carbonyl (C=O) groups is 2. The smallest absolute Gasteiger partial charge is 0.410 e. The van der Waals surface area contributed by atoms with Crippen LogP contribution in [0, 0.1) is 11.3 Å². The number of nitrogens with zero attached hydrogens (tertiary/aromatic N) is 1. The van der Waals surface area contributed by atoms with Gasteiger partial charge >= 0.3 is 18.2 Å². The van der Waals surface area contributed by atoms with E-state index in [0.29, 0.717) is 0 Å². The fraction of sp³-hybridized carbons (Fsp3) is 0.833. The lowest BCUT2D eigenvalue weighted by molar-refractivity contribution is -0.211. The molecule has 0 aromatic heterocycles. The Balaban J connectivity index is 2.22. The fourth-order valence-corrected chi connectivity index (χ4v) is 3.01. The Hall–Kier alpha value is -1.47. The average molecular weight is 295 g/mol. The van der Waals surface area contributed by atoms with E-state index in [1.807, 2.05) is 0 Å². The number of ether oxygens (including phenoxy) is 1. The summed E-state index contributed by atoms with van der Waals surface area (Å²) in [5.41, 5.74) is -3.67. The van der Waals surface area contributed by atoms with Crippen LogP contribution in [0.2, 0.25) is 0 Å². The predicted molar refractivity (Wildman–Crippen MR) is 61.0 cm³/mol. The number of aliphatic carboxylic acids is 1. The molecule has 1 aliphatic carbocycles. The Morgan fingerprint density at radius 3 is 2.20 bits per heavy atom. The van der Waals surface area contributed by atoms with Gasteiger partial charge in [-0.25, -0.2) is 4.79 Å². The molecule has 1 aliphatic heterocycles. The number of rotatable bonds is 1. The van der Waals surface area contributed by atoms with Gasteiger partial charge in [-0.1, -0.05) is 0 Å². The number of piperidine rings is 1. The van der Waals surface area contributed by atoms with Crippen molar-refractivity contribution >= 4 is 12.1 Å². The normalized spacial score (nSPS) is 32.8. The van der Waals surface area contributed by atoms with Gasteiger partial charge in [0.2, 0.25) is 0 Å². The van der Waals surface area contributed by atoms with Crippen molar-refractivity contribution < 1.29 is 32.6 Å². The van der Waals surface area contributed by atoms with E-state index in [-0.39, 0.29) is 13.0 Å². The van der Waals surface area contributed by atoms with Gasteiger partial charge in [-0.3, -0.25) is 4.79 Å². The molecule has 1 saturated heterocycles. The number of hydrogen-bond acceptors (Lipinski definition) is 3. The zero-order chi connectivity index (χ0) is 15.5. The second-order valence-electron chi connectivity index (χ2n) is 6.19. The summed E-state index contributed by atoms with van der Waals surface area (Å²) in [4.78, 5) is 23.9. The lowest BCUT2D eigenvalue weighted by Gasteiger charge is -2.28. The predicted octanol–water partition coefficient (Wildman–Crippen LogP) is 2.26. The summed E-state index contributed by atoms with van der Waals surface area (Å²) in [7, 11) is 0. The highest BCUT2D eigenvalue weighted by Gasteiger charge is 2.86. The van der Waals surface area contributed by atoms with Crippen LogP contribution < -0.4 is 0 Å². The Kier molecular flexibility index (Phi) is 3.00. The molecular weight excluding hydrogens is 279 g/mol. The molecule has 0 spiro atoms. The SMILES string of the molecule is CC(C)(C)OC(=O)N1CCC2C1C2(C(=O)O)C(F)(F)F. The van der Waals surface area contributed by atoms with E-state index in [2.05, 4.69) is 0 Å². The lowest BCUT2D eigenvalue weighted by atomic mass is 9.99. The molecule has 1 N–H and O–H groups in total. The molecule has 3 unspecified atom stereocenters. The van der Waals surface area contributed by atoms with E-state index in [1.54, 1.807) is 20.8 Å². The highest BCUT2D eigenvalue weighted by atomic mass is 19.4. The van der Waals surface area contributed by atoms with Gasteiger partial charge in [-0.15, -0.1) is 0 Å². The number of halogens is 3. The van der Waals surface area contributed by atoms with Gasteiger partial charge in [0.15, 0.2) is 5.41 Å². The van der Waals surface area contributed by atoms with Crippen molar-refractivity contribution in [2.45, 2.75) is 45.0 Å². The van der Waals surface area contributed by atoms with E-state index in [9.17, 15) is 22.8 Å². The third kappa shape index (κ3) is 1.92. The first-order valence-corrected chi connectivity index (χ1v) is 6.22. The maximum Gasteiger partial charge on any atom is 0.410 e. The third-order valence-electron chi connectivity index (χ3n) is 3.79. The van der Waals surface area contributed by atoms with Gasteiger partial charge in [0.1, 0.15) is 5.60 Å². The Morgan fingerprint density at radius 2 is 1.85 bits per heavy atom. The molecule has 0 bridgehead atoms. The maximum atomic E-state index is 13.1. The first-order valence-electron chi connectivity index (χ1n) is 6.22. The van der Waals surface area contributed by atoms with Crippen LogP contribution in [0.3, 0.4) is 0 Å². The maximum absolute atomic E-state index is 13.1. The van der Waals surface area contributed by atoms with Crippen LogP contribution in [-0.4, -0.2) is 46.4 Å². The van der Waals surface area contributed by atoms with Crippen molar-refractivity contribution in [2.24, 2.45) is 11.3 Å². The number of carboxylic acids is 1. The molecule has 1 amide bonds. The molecule has 2 fully saturated rings. The van der Waals surface area contributed by atoms with Crippen LogP contribution in [0.25, 0.3) is 0 Å². The van der Waals surface area contributed by atoms with Gasteiger partial charge in [0.05, 0.1) is 6.04 Å². The number of carboxylic acid groups (broad SMARTS) is 1. The summed E-state index contributed by atoms with van der Waals surface area (Å²) in [5, 5.41) is 8.98. The van der Waals surface area contributed by atoms with Crippen molar-refractivity contribution in [2.75, 3.05) is 6.54 Å². The summed E-state index contributed by atoms with van der Waals surface area (Å²) >= 11 is 0. The number of amides is 1. The second kappa shape index (κ2) is 4.02. The van der Waals surface area contributed by atoms with Crippen molar-refractivity contribution in [1.82, 2.24) is 4.90 Å². The number of fused-ring (bicyclic) bond motifs is 1. The van der Waals surface area contributed by atoms with Gasteiger partial charge < -0.3 is 14.7 Å². The number of hydrogen-bond donors (Lipinski definition) is 1. The summed E-state index contributed by atoms with van der Waals surface area (Å²) in [5.74, 6) is -3.00. The Morgan fingerprint density at radius 1 is 1.30 bits per heavy atom. The zero-order valence-corrected chi connectivity index (χ0v) is 11.3. The topological polar surface area (TPSA) is 66.8 Å². The Labute approximate surface area is 113 Å². The van der Waals surface area contributed by atoms with Gasteiger partial charge in [-0.2, -0.15) is 13.2 Å². The minimum atomic E-state index is -4.88. The first-order chi connectivity index (χ1) is 8.93. The van der Waals surface area contributed by atoms with Gasteiger partial charge in [0, 0.05) is 12.5 Å².